The fourth-order valence-corrected chi connectivity index (χ4v) is 6.90. The molecular formula is C24H31Cl2N5O5S2. The highest BCUT2D eigenvalue weighted by Crippen LogP contribution is 2.29. The second-order valence-electron chi connectivity index (χ2n) is 9.17. The van der Waals surface area contributed by atoms with E-state index >= 15 is 0 Å². The highest BCUT2D eigenvalue weighted by molar-refractivity contribution is 7.89. The molecule has 10 nitrogen and oxygen atoms in total. The smallest absolute Gasteiger partial charge is 0.261 e. The fourth-order valence-electron chi connectivity index (χ4n) is 4.48. The van der Waals surface area contributed by atoms with Crippen molar-refractivity contribution in [3.8, 4) is 0 Å². The number of likely N-dealkylation sites (N-methyl/N-ethyl adjacent to an activating group) is 1. The summed E-state index contributed by atoms with van der Waals surface area (Å²) < 4.78 is 30.1. The predicted molar refractivity (Wildman–Crippen MR) is 150 cm³/mol. The van der Waals surface area contributed by atoms with Crippen LogP contribution in [0.15, 0.2) is 35.2 Å². The molecule has 4 rings (SSSR count). The van der Waals surface area contributed by atoms with E-state index < -0.39 is 27.9 Å². The van der Waals surface area contributed by atoms with Gasteiger partial charge in [0.05, 0.1) is 14.1 Å². The number of carbonyl (C=O) groups is 3. The number of nitrogens with one attached hydrogen (secondary N) is 2. The van der Waals surface area contributed by atoms with Gasteiger partial charge in [-0.3, -0.25) is 14.4 Å². The molecule has 1 atom stereocenters. The second kappa shape index (κ2) is 12.8. The summed E-state index contributed by atoms with van der Waals surface area (Å²) in [6.07, 6.45) is 1.13. The molecule has 1 aromatic carbocycles. The zero-order valence-corrected chi connectivity index (χ0v) is 24.3. The Balaban J connectivity index is 0.00000400. The fraction of sp³-hybridized carbons (Fsp3) is 0.458. The third-order valence-corrected chi connectivity index (χ3v) is 9.43. The monoisotopic (exact) mass is 603 g/mol. The Morgan fingerprint density at radius 3 is 2.42 bits per heavy atom. The molecule has 0 radical (unpaired) electrons. The first-order chi connectivity index (χ1) is 17.6. The molecule has 2 fully saturated rings. The van der Waals surface area contributed by atoms with Gasteiger partial charge in [0.2, 0.25) is 21.8 Å². The minimum absolute atomic E-state index is 0. The first-order valence-corrected chi connectivity index (χ1v) is 14.7. The van der Waals surface area contributed by atoms with Crippen molar-refractivity contribution >= 4 is 68.8 Å². The Kier molecular flexibility index (Phi) is 10.2. The molecule has 3 amide bonds. The van der Waals surface area contributed by atoms with Crippen LogP contribution in [-0.2, 0) is 19.6 Å². The van der Waals surface area contributed by atoms with Gasteiger partial charge in [0.25, 0.3) is 5.91 Å². The van der Waals surface area contributed by atoms with Crippen LogP contribution in [0.4, 0.5) is 5.69 Å². The van der Waals surface area contributed by atoms with Gasteiger partial charge in [-0.05, 0) is 50.2 Å². The lowest BCUT2D eigenvalue weighted by Crippen LogP contribution is -2.57. The van der Waals surface area contributed by atoms with Crippen molar-refractivity contribution in [2.45, 2.75) is 30.7 Å². The molecule has 14 heteroatoms. The van der Waals surface area contributed by atoms with Crippen LogP contribution >= 0.6 is 35.3 Å². The van der Waals surface area contributed by atoms with E-state index in [1.54, 1.807) is 41.0 Å². The SMILES string of the molecule is Cc1c(N2CCCC2=O)cccc1S(=O)(=O)NC(CNC(=O)c1ccc(Cl)s1)C(=O)N1CCN(C)CC1.Cl. The molecule has 1 aromatic heterocycles. The van der Waals surface area contributed by atoms with Crippen LogP contribution in [0, 0.1) is 6.92 Å². The Morgan fingerprint density at radius 2 is 1.82 bits per heavy atom. The summed E-state index contributed by atoms with van der Waals surface area (Å²) in [6, 6.07) is 6.70. The van der Waals surface area contributed by atoms with Crippen LogP contribution in [0.25, 0.3) is 0 Å². The van der Waals surface area contributed by atoms with Gasteiger partial charge in [0.15, 0.2) is 0 Å². The molecule has 2 N–H and O–H groups in total. The maximum Gasteiger partial charge on any atom is 0.261 e. The topological polar surface area (TPSA) is 119 Å². The zero-order chi connectivity index (χ0) is 26.7. The van der Waals surface area contributed by atoms with Gasteiger partial charge in [0, 0.05) is 51.4 Å². The third kappa shape index (κ3) is 6.85. The normalized spacial score (nSPS) is 17.3. The van der Waals surface area contributed by atoms with Gasteiger partial charge in [0.1, 0.15) is 6.04 Å². The zero-order valence-electron chi connectivity index (χ0n) is 21.1. The highest BCUT2D eigenvalue weighted by Gasteiger charge is 2.33. The van der Waals surface area contributed by atoms with E-state index in [4.69, 9.17) is 11.6 Å². The number of halogens is 2. The number of anilines is 1. The molecule has 2 aliphatic rings. The molecule has 2 saturated heterocycles. The standard InChI is InChI=1S/C24H30ClN5O5S2.ClH/c1-16-18(30-10-4-7-22(30)31)5-3-6-20(16)37(34,35)27-17(24(33)29-13-11-28(2)12-14-29)15-26-23(32)19-8-9-21(25)36-19;/h3,5-6,8-9,17,27H,4,7,10-15H2,1-2H3,(H,26,32);1H. The van der Waals surface area contributed by atoms with Crippen molar-refractivity contribution in [1.82, 2.24) is 19.8 Å². The Labute approximate surface area is 237 Å². The highest BCUT2D eigenvalue weighted by atomic mass is 35.5. The number of nitrogens with zero attached hydrogens (tertiary/aromatic N) is 3. The van der Waals surface area contributed by atoms with Crippen molar-refractivity contribution in [3.05, 3.63) is 45.1 Å². The van der Waals surface area contributed by atoms with Crippen molar-refractivity contribution < 1.29 is 22.8 Å². The number of hydrogen-bond donors (Lipinski definition) is 2. The van der Waals surface area contributed by atoms with Crippen molar-refractivity contribution in [3.63, 3.8) is 0 Å². The van der Waals surface area contributed by atoms with E-state index in [1.165, 1.54) is 6.07 Å². The summed E-state index contributed by atoms with van der Waals surface area (Å²) in [5, 5.41) is 2.67. The van der Waals surface area contributed by atoms with Gasteiger partial charge >= 0.3 is 0 Å². The van der Waals surface area contributed by atoms with E-state index in [0.717, 1.165) is 11.3 Å². The first kappa shape index (κ1) is 30.3. The largest absolute Gasteiger partial charge is 0.349 e. The average Bonchev–Trinajstić information content (AvgIpc) is 3.49. The summed E-state index contributed by atoms with van der Waals surface area (Å²) in [5.74, 6) is -0.909. The van der Waals surface area contributed by atoms with Gasteiger partial charge < -0.3 is 20.0 Å². The minimum Gasteiger partial charge on any atom is -0.349 e. The van der Waals surface area contributed by atoms with Crippen LogP contribution in [0.1, 0.15) is 28.1 Å². The van der Waals surface area contributed by atoms with Crippen LogP contribution < -0.4 is 14.9 Å². The molecule has 0 bridgehead atoms. The van der Waals surface area contributed by atoms with E-state index in [1.807, 2.05) is 7.05 Å². The number of rotatable bonds is 8. The minimum atomic E-state index is -4.18. The maximum absolute atomic E-state index is 13.5. The Bertz CT molecular complexity index is 1290. The molecule has 208 valence electrons. The van der Waals surface area contributed by atoms with Crippen LogP contribution in [0.2, 0.25) is 4.34 Å². The van der Waals surface area contributed by atoms with Gasteiger partial charge in [-0.1, -0.05) is 17.7 Å². The first-order valence-electron chi connectivity index (χ1n) is 12.0. The van der Waals surface area contributed by atoms with Crippen molar-refractivity contribution in [2.75, 3.05) is 51.2 Å². The molecule has 38 heavy (non-hydrogen) atoms. The second-order valence-corrected chi connectivity index (χ2v) is 12.6. The number of sulfonamides is 1. The molecule has 1 unspecified atom stereocenters. The number of piperazine rings is 1. The van der Waals surface area contributed by atoms with E-state index in [-0.39, 0.29) is 29.8 Å². The van der Waals surface area contributed by atoms with E-state index in [2.05, 4.69) is 14.9 Å². The number of thiophene rings is 1. The van der Waals surface area contributed by atoms with E-state index in [0.29, 0.717) is 66.0 Å². The number of benzene rings is 1. The average molecular weight is 605 g/mol. The number of hydrogen-bond acceptors (Lipinski definition) is 7. The summed E-state index contributed by atoms with van der Waals surface area (Å²) in [6.45, 7) is 4.17. The quantitative estimate of drug-likeness (QED) is 0.477. The van der Waals surface area contributed by atoms with Crippen LogP contribution in [-0.4, -0.2) is 88.3 Å². The van der Waals surface area contributed by atoms with Gasteiger partial charge in [-0.2, -0.15) is 4.72 Å². The summed E-state index contributed by atoms with van der Waals surface area (Å²) >= 11 is 7.02. The summed E-state index contributed by atoms with van der Waals surface area (Å²) in [7, 11) is -2.22. The molecule has 0 aliphatic carbocycles. The molecule has 2 aliphatic heterocycles. The number of carbonyl (C=O) groups excluding carboxylic acids is 3. The molecule has 3 heterocycles. The van der Waals surface area contributed by atoms with Gasteiger partial charge in [-0.25, -0.2) is 8.42 Å². The summed E-state index contributed by atoms with van der Waals surface area (Å²) in [5.41, 5.74) is 0.962. The molecule has 0 spiro atoms. The van der Waals surface area contributed by atoms with Crippen LogP contribution in [0.3, 0.4) is 0 Å². The third-order valence-electron chi connectivity index (χ3n) is 6.58. The predicted octanol–water partition coefficient (Wildman–Crippen LogP) is 2.11. The summed E-state index contributed by atoms with van der Waals surface area (Å²) in [4.78, 5) is 43.9. The molecular weight excluding hydrogens is 573 g/mol. The number of amides is 3. The van der Waals surface area contributed by atoms with Crippen molar-refractivity contribution in [1.29, 1.82) is 0 Å². The maximum atomic E-state index is 13.5. The molecule has 0 saturated carbocycles. The van der Waals surface area contributed by atoms with Gasteiger partial charge in [-0.15, -0.1) is 23.7 Å². The lowest BCUT2D eigenvalue weighted by atomic mass is 10.2. The van der Waals surface area contributed by atoms with Crippen LogP contribution in [0.5, 0.6) is 0 Å². The van der Waals surface area contributed by atoms with E-state index in [9.17, 15) is 22.8 Å². The lowest BCUT2D eigenvalue weighted by molar-refractivity contribution is -0.134. The van der Waals surface area contributed by atoms with Crippen molar-refractivity contribution in [2.24, 2.45) is 0 Å². The molecule has 2 aromatic rings. The lowest BCUT2D eigenvalue weighted by Gasteiger charge is -2.34. The Morgan fingerprint density at radius 1 is 1.11 bits per heavy atom. The Hall–Kier alpha value is -2.22.